The van der Waals surface area contributed by atoms with Crippen molar-refractivity contribution < 1.29 is 0 Å². The van der Waals surface area contributed by atoms with Gasteiger partial charge in [-0.1, -0.05) is 42.5 Å². The second-order valence-electron chi connectivity index (χ2n) is 7.86. The smallest absolute Gasteiger partial charge is 0.0689 e. The molecule has 1 atom stereocenters. The molecule has 1 spiro atoms. The molecular weight excluding hydrogens is 306 g/mol. The lowest BCUT2D eigenvalue weighted by Crippen LogP contribution is -2.54. The number of hydrogen-bond donors (Lipinski definition) is 1. The molecule has 0 amide bonds. The van der Waals surface area contributed by atoms with E-state index >= 15 is 0 Å². The molecule has 0 saturated carbocycles. The molecule has 0 aromatic heterocycles. The van der Waals surface area contributed by atoms with Crippen LogP contribution >= 0.6 is 0 Å². The SMILES string of the molecule is c1ccc(N2CNCC23CCN(C2CCc4ccccc42)CC3)cc1. The summed E-state index contributed by atoms with van der Waals surface area (Å²) in [6.45, 7) is 4.53. The van der Waals surface area contributed by atoms with E-state index in [0.717, 1.165) is 13.2 Å². The fourth-order valence-electron chi connectivity index (χ4n) is 5.25. The fourth-order valence-corrected chi connectivity index (χ4v) is 5.25. The summed E-state index contributed by atoms with van der Waals surface area (Å²) in [5.41, 5.74) is 4.83. The number of piperidine rings is 1. The number of rotatable bonds is 2. The van der Waals surface area contributed by atoms with Crippen LogP contribution in [0.1, 0.15) is 36.4 Å². The summed E-state index contributed by atoms with van der Waals surface area (Å²) in [7, 11) is 0. The largest absolute Gasteiger partial charge is 0.352 e. The van der Waals surface area contributed by atoms with Gasteiger partial charge in [-0.05, 0) is 48.9 Å². The normalized spacial score (nSPS) is 25.4. The molecule has 2 aromatic carbocycles. The van der Waals surface area contributed by atoms with Crippen LogP contribution in [-0.4, -0.2) is 36.7 Å². The lowest BCUT2D eigenvalue weighted by atomic mass is 9.85. The zero-order valence-electron chi connectivity index (χ0n) is 14.8. The Hall–Kier alpha value is -1.84. The Morgan fingerprint density at radius 2 is 1.68 bits per heavy atom. The Labute approximate surface area is 150 Å². The summed E-state index contributed by atoms with van der Waals surface area (Å²) in [4.78, 5) is 5.37. The highest BCUT2D eigenvalue weighted by molar-refractivity contribution is 5.50. The number of nitrogens with zero attached hydrogens (tertiary/aromatic N) is 2. The van der Waals surface area contributed by atoms with Crippen molar-refractivity contribution >= 4 is 5.69 Å². The predicted octanol–water partition coefficient (Wildman–Crippen LogP) is 3.58. The first-order valence-electron chi connectivity index (χ1n) is 9.71. The minimum Gasteiger partial charge on any atom is -0.352 e. The third kappa shape index (κ3) is 2.57. The van der Waals surface area contributed by atoms with Crippen LogP contribution in [-0.2, 0) is 6.42 Å². The lowest BCUT2D eigenvalue weighted by molar-refractivity contribution is 0.122. The van der Waals surface area contributed by atoms with E-state index in [1.54, 1.807) is 11.1 Å². The van der Waals surface area contributed by atoms with E-state index in [9.17, 15) is 0 Å². The van der Waals surface area contributed by atoms with Crippen LogP contribution in [0, 0.1) is 0 Å². The number of anilines is 1. The molecule has 2 heterocycles. The maximum absolute atomic E-state index is 3.64. The van der Waals surface area contributed by atoms with Crippen molar-refractivity contribution in [1.82, 2.24) is 10.2 Å². The predicted molar refractivity (Wildman–Crippen MR) is 103 cm³/mol. The van der Waals surface area contributed by atoms with Crippen LogP contribution in [0.2, 0.25) is 0 Å². The Kier molecular flexibility index (Phi) is 3.79. The van der Waals surface area contributed by atoms with Crippen LogP contribution in [0.25, 0.3) is 0 Å². The zero-order chi connectivity index (χ0) is 16.7. The van der Waals surface area contributed by atoms with Gasteiger partial charge >= 0.3 is 0 Å². The first-order valence-corrected chi connectivity index (χ1v) is 9.71. The second kappa shape index (κ2) is 6.15. The highest BCUT2D eigenvalue weighted by atomic mass is 15.4. The molecule has 2 fully saturated rings. The van der Waals surface area contributed by atoms with E-state index in [1.807, 2.05) is 0 Å². The maximum atomic E-state index is 3.64. The third-order valence-electron chi connectivity index (χ3n) is 6.64. The van der Waals surface area contributed by atoms with Gasteiger partial charge in [0.25, 0.3) is 0 Å². The third-order valence-corrected chi connectivity index (χ3v) is 6.64. The number of hydrogen-bond acceptors (Lipinski definition) is 3. The Balaban J connectivity index is 1.33. The summed E-state index contributed by atoms with van der Waals surface area (Å²) in [5.74, 6) is 0. The first-order chi connectivity index (χ1) is 12.4. The molecule has 1 unspecified atom stereocenters. The molecule has 25 heavy (non-hydrogen) atoms. The Bertz CT molecular complexity index is 734. The highest BCUT2D eigenvalue weighted by Crippen LogP contribution is 2.41. The van der Waals surface area contributed by atoms with E-state index in [2.05, 4.69) is 69.7 Å². The van der Waals surface area contributed by atoms with Crippen molar-refractivity contribution in [3.8, 4) is 0 Å². The van der Waals surface area contributed by atoms with Gasteiger partial charge in [-0.3, -0.25) is 10.2 Å². The molecule has 0 bridgehead atoms. The summed E-state index contributed by atoms with van der Waals surface area (Å²) < 4.78 is 0. The summed E-state index contributed by atoms with van der Waals surface area (Å²) in [6.07, 6.45) is 5.06. The van der Waals surface area contributed by atoms with Crippen molar-refractivity contribution in [2.45, 2.75) is 37.3 Å². The van der Waals surface area contributed by atoms with Crippen LogP contribution in [0.3, 0.4) is 0 Å². The van der Waals surface area contributed by atoms with Crippen molar-refractivity contribution in [2.75, 3.05) is 31.2 Å². The molecule has 2 aromatic rings. The number of aryl methyl sites for hydroxylation is 1. The molecule has 3 nitrogen and oxygen atoms in total. The van der Waals surface area contributed by atoms with Gasteiger partial charge in [-0.25, -0.2) is 0 Å². The molecule has 1 aliphatic carbocycles. The van der Waals surface area contributed by atoms with Gasteiger partial charge in [-0.15, -0.1) is 0 Å². The van der Waals surface area contributed by atoms with E-state index in [4.69, 9.17) is 0 Å². The quantitative estimate of drug-likeness (QED) is 0.906. The molecule has 1 N–H and O–H groups in total. The molecular formula is C22H27N3. The lowest BCUT2D eigenvalue weighted by Gasteiger charge is -2.46. The van der Waals surface area contributed by atoms with Crippen LogP contribution in [0.4, 0.5) is 5.69 Å². The number of benzene rings is 2. The van der Waals surface area contributed by atoms with E-state index in [0.29, 0.717) is 11.6 Å². The number of fused-ring (bicyclic) bond motifs is 1. The summed E-state index contributed by atoms with van der Waals surface area (Å²) in [6, 6.07) is 20.7. The Morgan fingerprint density at radius 3 is 2.52 bits per heavy atom. The van der Waals surface area contributed by atoms with Gasteiger partial charge in [0.15, 0.2) is 0 Å². The van der Waals surface area contributed by atoms with Crippen molar-refractivity contribution in [3.05, 3.63) is 65.7 Å². The molecule has 2 saturated heterocycles. The monoisotopic (exact) mass is 333 g/mol. The Morgan fingerprint density at radius 1 is 0.920 bits per heavy atom. The van der Waals surface area contributed by atoms with Gasteiger partial charge in [0.1, 0.15) is 0 Å². The summed E-state index contributed by atoms with van der Waals surface area (Å²) in [5, 5.41) is 3.64. The van der Waals surface area contributed by atoms with Crippen molar-refractivity contribution in [3.63, 3.8) is 0 Å². The topological polar surface area (TPSA) is 18.5 Å². The van der Waals surface area contributed by atoms with Gasteiger partial charge in [0, 0.05) is 31.4 Å². The number of para-hydroxylation sites is 1. The minimum atomic E-state index is 0.302. The standard InChI is InChI=1S/C22H27N3/c1-2-7-19(8-3-1)25-17-23-16-22(25)12-14-24(15-13-22)21-11-10-18-6-4-5-9-20(18)21/h1-9,21,23H,10-17H2. The molecule has 3 aliphatic rings. The van der Waals surface area contributed by atoms with Crippen LogP contribution < -0.4 is 10.2 Å². The molecule has 5 rings (SSSR count). The van der Waals surface area contributed by atoms with E-state index in [-0.39, 0.29) is 0 Å². The van der Waals surface area contributed by atoms with Crippen LogP contribution in [0.5, 0.6) is 0 Å². The minimum absolute atomic E-state index is 0.302. The molecule has 2 aliphatic heterocycles. The molecule has 130 valence electrons. The zero-order valence-corrected chi connectivity index (χ0v) is 14.8. The van der Waals surface area contributed by atoms with Gasteiger partial charge in [-0.2, -0.15) is 0 Å². The van der Waals surface area contributed by atoms with Gasteiger partial charge in [0.2, 0.25) is 0 Å². The van der Waals surface area contributed by atoms with Gasteiger partial charge in [0.05, 0.1) is 12.2 Å². The number of likely N-dealkylation sites (tertiary alicyclic amines) is 1. The van der Waals surface area contributed by atoms with Gasteiger partial charge < -0.3 is 4.90 Å². The fraction of sp³-hybridized carbons (Fsp3) is 0.455. The van der Waals surface area contributed by atoms with Crippen LogP contribution in [0.15, 0.2) is 54.6 Å². The maximum Gasteiger partial charge on any atom is 0.0689 e. The van der Waals surface area contributed by atoms with E-state index < -0.39 is 0 Å². The second-order valence-corrected chi connectivity index (χ2v) is 7.86. The average Bonchev–Trinajstić information content (AvgIpc) is 3.28. The molecule has 3 heteroatoms. The summed E-state index contributed by atoms with van der Waals surface area (Å²) >= 11 is 0. The molecule has 0 radical (unpaired) electrons. The van der Waals surface area contributed by atoms with Crippen molar-refractivity contribution in [1.29, 1.82) is 0 Å². The average molecular weight is 333 g/mol. The highest BCUT2D eigenvalue weighted by Gasteiger charge is 2.44. The van der Waals surface area contributed by atoms with Crippen molar-refractivity contribution in [2.24, 2.45) is 0 Å². The first kappa shape index (κ1) is 15.4. The van der Waals surface area contributed by atoms with E-state index in [1.165, 1.54) is 44.5 Å². The number of nitrogens with one attached hydrogen (secondary N) is 1.